The number of benzene rings is 1. The topological polar surface area (TPSA) is 68.7 Å². The number of hydrogen-bond acceptors (Lipinski definition) is 6. The Morgan fingerprint density at radius 1 is 1.45 bits per heavy atom. The van der Waals surface area contributed by atoms with Gasteiger partial charge >= 0.3 is 0 Å². The molecule has 0 saturated heterocycles. The summed E-state index contributed by atoms with van der Waals surface area (Å²) in [6.45, 7) is 6.80. The Kier molecular flexibility index (Phi) is 6.27. The quantitative estimate of drug-likeness (QED) is 0.636. The van der Waals surface area contributed by atoms with Crippen LogP contribution in [-0.2, 0) is 15.1 Å². The first-order chi connectivity index (χ1) is 13.5. The zero-order valence-corrected chi connectivity index (χ0v) is 17.9. The van der Waals surface area contributed by atoms with Gasteiger partial charge in [-0.3, -0.25) is 0 Å². The van der Waals surface area contributed by atoms with Gasteiger partial charge in [0.15, 0.2) is 11.6 Å². The monoisotopic (exact) mass is 427 g/mol. The SMILES string of the molecule is CC(=O)C[C@@H](C)COC1CC(F)(COc2ccc3nc(C(C)(C)O)sc3c2F)C1. The van der Waals surface area contributed by atoms with Crippen LogP contribution in [0.25, 0.3) is 10.2 Å². The second-order valence-corrected chi connectivity index (χ2v) is 9.62. The largest absolute Gasteiger partial charge is 0.487 e. The fourth-order valence-corrected chi connectivity index (χ4v) is 4.36. The lowest BCUT2D eigenvalue weighted by atomic mass is 9.79. The molecule has 0 spiro atoms. The molecule has 8 heteroatoms. The second-order valence-electron chi connectivity index (χ2n) is 8.62. The summed E-state index contributed by atoms with van der Waals surface area (Å²) < 4.78 is 40.9. The van der Waals surface area contributed by atoms with Crippen molar-refractivity contribution in [2.45, 2.75) is 64.3 Å². The second kappa shape index (κ2) is 8.24. The number of nitrogens with zero attached hydrogens (tertiary/aromatic N) is 1. The maximum atomic E-state index is 14.8. The van der Waals surface area contributed by atoms with Gasteiger partial charge in [-0.15, -0.1) is 11.3 Å². The Hall–Kier alpha value is -1.64. The number of fused-ring (bicyclic) bond motifs is 1. The molecule has 1 aromatic carbocycles. The number of alkyl halides is 1. The highest BCUT2D eigenvalue weighted by Gasteiger charge is 2.46. The molecule has 3 rings (SSSR count). The molecule has 1 aliphatic rings. The van der Waals surface area contributed by atoms with E-state index in [1.807, 2.05) is 6.92 Å². The number of rotatable bonds is 9. The first kappa shape index (κ1) is 22.1. The van der Waals surface area contributed by atoms with Crippen LogP contribution in [-0.4, -0.2) is 40.9 Å². The molecular weight excluding hydrogens is 400 g/mol. The van der Waals surface area contributed by atoms with Gasteiger partial charge in [-0.1, -0.05) is 6.92 Å². The molecule has 160 valence electrons. The van der Waals surface area contributed by atoms with Crippen LogP contribution >= 0.6 is 11.3 Å². The molecule has 0 amide bonds. The molecule has 1 saturated carbocycles. The van der Waals surface area contributed by atoms with Crippen molar-refractivity contribution in [1.82, 2.24) is 4.98 Å². The molecule has 0 bridgehead atoms. The van der Waals surface area contributed by atoms with E-state index in [4.69, 9.17) is 9.47 Å². The minimum Gasteiger partial charge on any atom is -0.487 e. The standard InChI is InChI=1S/C21H27F2NO4S/c1-12(7-13(2)25)10-27-14-8-21(23,9-14)11-28-16-6-5-15-18(17(16)22)29-19(24-15)20(3,4)26/h5-6,12,14,26H,7-11H2,1-4H3/t12-,14?,21?/m1/s1. The molecule has 0 aliphatic heterocycles. The molecule has 2 aromatic rings. The zero-order valence-electron chi connectivity index (χ0n) is 17.1. The lowest BCUT2D eigenvalue weighted by Crippen LogP contribution is -2.49. The lowest BCUT2D eigenvalue weighted by Gasteiger charge is -2.41. The summed E-state index contributed by atoms with van der Waals surface area (Å²) in [5.41, 5.74) is -2.28. The molecule has 1 aliphatic carbocycles. The molecular formula is C21H27F2NO4S. The van der Waals surface area contributed by atoms with Crippen molar-refractivity contribution in [3.05, 3.63) is 23.0 Å². The van der Waals surface area contributed by atoms with Crippen LogP contribution in [0.3, 0.4) is 0 Å². The van der Waals surface area contributed by atoms with Gasteiger partial charge in [0.1, 0.15) is 28.7 Å². The number of carbonyl (C=O) groups excluding carboxylic acids is 1. The van der Waals surface area contributed by atoms with Gasteiger partial charge in [-0.2, -0.15) is 0 Å². The van der Waals surface area contributed by atoms with Crippen LogP contribution in [0, 0.1) is 11.7 Å². The highest BCUT2D eigenvalue weighted by molar-refractivity contribution is 7.18. The van der Waals surface area contributed by atoms with Gasteiger partial charge in [0.05, 0.1) is 16.3 Å². The molecule has 0 radical (unpaired) electrons. The van der Waals surface area contributed by atoms with Crippen LogP contribution in [0.15, 0.2) is 12.1 Å². The van der Waals surface area contributed by atoms with Gasteiger partial charge in [0, 0.05) is 25.9 Å². The van der Waals surface area contributed by atoms with Crippen LogP contribution in [0.2, 0.25) is 0 Å². The van der Waals surface area contributed by atoms with Crippen molar-refractivity contribution in [2.75, 3.05) is 13.2 Å². The summed E-state index contributed by atoms with van der Waals surface area (Å²) in [6.07, 6.45) is 0.617. The van der Waals surface area contributed by atoms with Crippen molar-refractivity contribution in [3.63, 3.8) is 0 Å². The lowest BCUT2D eigenvalue weighted by molar-refractivity contribution is -0.125. The summed E-state index contributed by atoms with van der Waals surface area (Å²) in [6, 6.07) is 3.04. The number of Topliss-reactive ketones (excluding diaryl/α,β-unsaturated/α-hetero) is 1. The number of ether oxygens (including phenoxy) is 2. The Morgan fingerprint density at radius 3 is 2.76 bits per heavy atom. The summed E-state index contributed by atoms with van der Waals surface area (Å²) in [5, 5.41) is 10.5. The molecule has 1 atom stereocenters. The number of halogens is 2. The van der Waals surface area contributed by atoms with Crippen LogP contribution in [0.5, 0.6) is 5.75 Å². The molecule has 1 N–H and O–H groups in total. The third-order valence-electron chi connectivity index (χ3n) is 4.91. The van der Waals surface area contributed by atoms with Gasteiger partial charge in [0.25, 0.3) is 0 Å². The van der Waals surface area contributed by atoms with Crippen molar-refractivity contribution < 1.29 is 28.2 Å². The van der Waals surface area contributed by atoms with E-state index < -0.39 is 17.1 Å². The summed E-state index contributed by atoms with van der Waals surface area (Å²) >= 11 is 1.06. The third-order valence-corrected chi connectivity index (χ3v) is 6.29. The Morgan fingerprint density at radius 2 is 2.14 bits per heavy atom. The van der Waals surface area contributed by atoms with E-state index in [0.29, 0.717) is 23.6 Å². The summed E-state index contributed by atoms with van der Waals surface area (Å²) in [4.78, 5) is 15.3. The van der Waals surface area contributed by atoms with Crippen molar-refractivity contribution in [1.29, 1.82) is 0 Å². The maximum absolute atomic E-state index is 14.8. The molecule has 1 heterocycles. The van der Waals surface area contributed by atoms with Crippen molar-refractivity contribution in [3.8, 4) is 5.75 Å². The Bertz CT molecular complexity index is 887. The number of hydrogen-bond donors (Lipinski definition) is 1. The van der Waals surface area contributed by atoms with E-state index in [2.05, 4.69) is 4.98 Å². The van der Waals surface area contributed by atoms with Crippen LogP contribution in [0.4, 0.5) is 8.78 Å². The van der Waals surface area contributed by atoms with Gasteiger partial charge in [-0.05, 0) is 38.8 Å². The number of aliphatic hydroxyl groups is 1. The molecule has 1 fully saturated rings. The van der Waals surface area contributed by atoms with Gasteiger partial charge in [0.2, 0.25) is 0 Å². The molecule has 5 nitrogen and oxygen atoms in total. The average molecular weight is 428 g/mol. The molecule has 1 aromatic heterocycles. The fourth-order valence-electron chi connectivity index (χ4n) is 3.36. The van der Waals surface area contributed by atoms with E-state index in [0.717, 1.165) is 11.3 Å². The number of aromatic nitrogens is 1. The van der Waals surface area contributed by atoms with E-state index >= 15 is 0 Å². The highest BCUT2D eigenvalue weighted by atomic mass is 32.1. The van der Waals surface area contributed by atoms with Gasteiger partial charge in [-0.25, -0.2) is 13.8 Å². The zero-order chi connectivity index (χ0) is 21.4. The minimum absolute atomic E-state index is 0.0279. The Labute approximate surface area is 173 Å². The van der Waals surface area contributed by atoms with E-state index in [-0.39, 0.29) is 47.7 Å². The van der Waals surface area contributed by atoms with Crippen LogP contribution in [0.1, 0.15) is 52.0 Å². The first-order valence-corrected chi connectivity index (χ1v) is 10.5. The van der Waals surface area contributed by atoms with E-state index in [1.165, 1.54) is 13.0 Å². The van der Waals surface area contributed by atoms with Crippen molar-refractivity contribution in [2.24, 2.45) is 5.92 Å². The number of carbonyl (C=O) groups is 1. The number of thiazole rings is 1. The molecule has 0 unspecified atom stereocenters. The van der Waals surface area contributed by atoms with E-state index in [9.17, 15) is 18.7 Å². The normalized spacial score (nSPS) is 23.1. The van der Waals surface area contributed by atoms with Gasteiger partial charge < -0.3 is 19.4 Å². The predicted molar refractivity (Wildman–Crippen MR) is 108 cm³/mol. The first-order valence-electron chi connectivity index (χ1n) is 9.71. The minimum atomic E-state index is -1.55. The predicted octanol–water partition coefficient (Wildman–Crippen LogP) is 4.54. The average Bonchev–Trinajstić information content (AvgIpc) is 3.02. The third kappa shape index (κ3) is 5.29. The fraction of sp³-hybridized carbons (Fsp3) is 0.619. The highest BCUT2D eigenvalue weighted by Crippen LogP contribution is 2.40. The maximum Gasteiger partial charge on any atom is 0.184 e. The van der Waals surface area contributed by atoms with Crippen LogP contribution < -0.4 is 4.74 Å². The Balaban J connectivity index is 1.54. The number of ketones is 1. The molecule has 29 heavy (non-hydrogen) atoms. The smallest absolute Gasteiger partial charge is 0.184 e. The summed E-state index contributed by atoms with van der Waals surface area (Å²) in [7, 11) is 0. The summed E-state index contributed by atoms with van der Waals surface area (Å²) in [5.74, 6) is -0.408. The van der Waals surface area contributed by atoms with E-state index in [1.54, 1.807) is 19.9 Å². The van der Waals surface area contributed by atoms with Crippen molar-refractivity contribution >= 4 is 27.3 Å².